The highest BCUT2D eigenvalue weighted by molar-refractivity contribution is 9.11. The van der Waals surface area contributed by atoms with E-state index in [1.165, 1.54) is 11.3 Å². The van der Waals surface area contributed by atoms with Crippen molar-refractivity contribution in [1.82, 2.24) is 10.0 Å². The van der Waals surface area contributed by atoms with Crippen LogP contribution in [0, 0.1) is 11.3 Å². The van der Waals surface area contributed by atoms with Crippen LogP contribution in [-0.4, -0.2) is 21.5 Å². The summed E-state index contributed by atoms with van der Waals surface area (Å²) < 4.78 is 28.3. The quantitative estimate of drug-likeness (QED) is 0.705. The van der Waals surface area contributed by atoms with Crippen molar-refractivity contribution < 1.29 is 8.42 Å². The Morgan fingerprint density at radius 1 is 1.38 bits per heavy atom. The molecular weight excluding hydrogens is 372 g/mol. The van der Waals surface area contributed by atoms with Gasteiger partial charge in [0.05, 0.1) is 3.79 Å². The average Bonchev–Trinajstić information content (AvgIpc) is 2.76. The summed E-state index contributed by atoms with van der Waals surface area (Å²) in [7, 11) is -3.48. The average molecular weight is 397 g/mol. The minimum absolute atomic E-state index is 0.0812. The summed E-state index contributed by atoms with van der Waals surface area (Å²) in [6, 6.07) is 1.74. The van der Waals surface area contributed by atoms with Crippen molar-refractivity contribution in [1.29, 1.82) is 0 Å². The molecule has 4 nitrogen and oxygen atoms in total. The normalized spacial score (nSPS) is 13.1. The van der Waals surface area contributed by atoms with Crippen LogP contribution in [0.3, 0.4) is 0 Å². The number of thiophene rings is 1. The number of sulfonamides is 1. The molecule has 1 aromatic rings. The first-order valence-electron chi connectivity index (χ1n) is 7.08. The Labute approximate surface area is 140 Å². The van der Waals surface area contributed by atoms with Gasteiger partial charge in [-0.15, -0.1) is 11.3 Å². The van der Waals surface area contributed by atoms with Gasteiger partial charge in [-0.1, -0.05) is 34.6 Å². The Balaban J connectivity index is 2.86. The molecule has 0 bridgehead atoms. The predicted molar refractivity (Wildman–Crippen MR) is 93.2 cm³/mol. The van der Waals surface area contributed by atoms with Gasteiger partial charge in [-0.3, -0.25) is 0 Å². The summed E-state index contributed by atoms with van der Waals surface area (Å²) in [5.74, 6) is 0.399. The van der Waals surface area contributed by atoms with Gasteiger partial charge >= 0.3 is 0 Å². The fourth-order valence-corrected chi connectivity index (χ4v) is 5.35. The van der Waals surface area contributed by atoms with E-state index in [0.29, 0.717) is 27.7 Å². The van der Waals surface area contributed by atoms with Crippen molar-refractivity contribution in [3.05, 3.63) is 14.7 Å². The van der Waals surface area contributed by atoms with Gasteiger partial charge in [0.15, 0.2) is 0 Å². The SMILES string of the molecule is CCNCc1cc(S(=O)(=O)NCC(C)(C)C(C)C)c(Br)s1. The maximum absolute atomic E-state index is 12.5. The largest absolute Gasteiger partial charge is 0.312 e. The first kappa shape index (κ1) is 19.1. The second-order valence-electron chi connectivity index (χ2n) is 6.10. The molecule has 1 heterocycles. The molecular formula is C14H25BrN2O2S2. The molecule has 2 N–H and O–H groups in total. The van der Waals surface area contributed by atoms with E-state index in [1.54, 1.807) is 6.07 Å². The lowest BCUT2D eigenvalue weighted by Crippen LogP contribution is -2.36. The van der Waals surface area contributed by atoms with Gasteiger partial charge in [0.25, 0.3) is 0 Å². The summed E-state index contributed by atoms with van der Waals surface area (Å²) >= 11 is 4.82. The molecule has 0 radical (unpaired) electrons. The maximum Gasteiger partial charge on any atom is 0.242 e. The predicted octanol–water partition coefficient (Wildman–Crippen LogP) is 3.58. The first-order chi connectivity index (χ1) is 9.60. The number of nitrogens with one attached hydrogen (secondary N) is 2. The molecule has 0 atom stereocenters. The third-order valence-electron chi connectivity index (χ3n) is 3.83. The highest BCUT2D eigenvalue weighted by Crippen LogP contribution is 2.32. The van der Waals surface area contributed by atoms with Crippen LogP contribution in [0.2, 0.25) is 0 Å². The molecule has 0 amide bonds. The van der Waals surface area contributed by atoms with Gasteiger partial charge in [0, 0.05) is 18.0 Å². The van der Waals surface area contributed by atoms with Gasteiger partial charge < -0.3 is 5.32 Å². The van der Waals surface area contributed by atoms with Crippen molar-refractivity contribution in [2.45, 2.75) is 46.1 Å². The first-order valence-corrected chi connectivity index (χ1v) is 10.2. The van der Waals surface area contributed by atoms with E-state index >= 15 is 0 Å². The van der Waals surface area contributed by atoms with E-state index in [2.05, 4.69) is 53.7 Å². The standard InChI is InChI=1S/C14H25BrN2O2S2/c1-6-16-8-11-7-12(13(15)20-11)21(18,19)17-9-14(4,5)10(2)3/h7,10,16-17H,6,8-9H2,1-5H3. The van der Waals surface area contributed by atoms with E-state index in [-0.39, 0.29) is 5.41 Å². The van der Waals surface area contributed by atoms with Gasteiger partial charge in [0.2, 0.25) is 10.0 Å². The topological polar surface area (TPSA) is 58.2 Å². The van der Waals surface area contributed by atoms with Crippen LogP contribution in [0.4, 0.5) is 0 Å². The Morgan fingerprint density at radius 3 is 2.52 bits per heavy atom. The summed E-state index contributed by atoms with van der Waals surface area (Å²) in [6.07, 6.45) is 0. The van der Waals surface area contributed by atoms with Crippen molar-refractivity contribution in [3.63, 3.8) is 0 Å². The molecule has 1 rings (SSSR count). The highest BCUT2D eigenvalue weighted by atomic mass is 79.9. The van der Waals surface area contributed by atoms with Gasteiger partial charge in [0.1, 0.15) is 4.90 Å². The van der Waals surface area contributed by atoms with E-state index in [9.17, 15) is 8.42 Å². The van der Waals surface area contributed by atoms with Gasteiger partial charge in [-0.2, -0.15) is 0 Å². The van der Waals surface area contributed by atoms with E-state index in [4.69, 9.17) is 0 Å². The van der Waals surface area contributed by atoms with Crippen molar-refractivity contribution in [3.8, 4) is 0 Å². The minimum Gasteiger partial charge on any atom is -0.312 e. The molecule has 1 aromatic heterocycles. The fraction of sp³-hybridized carbons (Fsp3) is 0.714. The molecule has 0 aliphatic carbocycles. The van der Waals surface area contributed by atoms with Crippen molar-refractivity contribution in [2.75, 3.05) is 13.1 Å². The lowest BCUT2D eigenvalue weighted by atomic mass is 9.81. The third kappa shape index (κ3) is 5.32. The molecule has 21 heavy (non-hydrogen) atoms. The molecule has 0 aliphatic heterocycles. The summed E-state index contributed by atoms with van der Waals surface area (Å²) in [5, 5.41) is 3.20. The number of rotatable bonds is 8. The molecule has 122 valence electrons. The molecule has 0 saturated carbocycles. The monoisotopic (exact) mass is 396 g/mol. The van der Waals surface area contributed by atoms with E-state index in [1.807, 2.05) is 6.92 Å². The van der Waals surface area contributed by atoms with Crippen LogP contribution in [0.25, 0.3) is 0 Å². The second kappa shape index (κ2) is 7.55. The molecule has 0 spiro atoms. The van der Waals surface area contributed by atoms with E-state index < -0.39 is 10.0 Å². The molecule has 0 aromatic carbocycles. The van der Waals surface area contributed by atoms with Crippen molar-refractivity contribution in [2.24, 2.45) is 11.3 Å². The summed E-state index contributed by atoms with van der Waals surface area (Å²) in [4.78, 5) is 1.34. The Kier molecular flexibility index (Phi) is 6.86. The van der Waals surface area contributed by atoms with Crippen LogP contribution in [-0.2, 0) is 16.6 Å². The zero-order valence-corrected chi connectivity index (χ0v) is 16.5. The fourth-order valence-electron chi connectivity index (χ4n) is 1.48. The molecule has 7 heteroatoms. The highest BCUT2D eigenvalue weighted by Gasteiger charge is 2.27. The Hall–Kier alpha value is 0.0500. The number of hydrogen-bond donors (Lipinski definition) is 2. The Bertz CT molecular complexity index is 566. The summed E-state index contributed by atoms with van der Waals surface area (Å²) in [6.45, 7) is 12.3. The van der Waals surface area contributed by atoms with Gasteiger partial charge in [-0.25, -0.2) is 13.1 Å². The lowest BCUT2D eigenvalue weighted by molar-refractivity contribution is 0.252. The molecule has 0 fully saturated rings. The number of halogens is 1. The molecule has 0 aliphatic rings. The van der Waals surface area contributed by atoms with Crippen molar-refractivity contribution >= 4 is 37.3 Å². The molecule has 0 saturated heterocycles. The van der Waals surface area contributed by atoms with Gasteiger partial charge in [-0.05, 0) is 39.9 Å². The summed E-state index contributed by atoms with van der Waals surface area (Å²) in [5.41, 5.74) is -0.0812. The minimum atomic E-state index is -3.48. The van der Waals surface area contributed by atoms with Crippen LogP contribution in [0.1, 0.15) is 39.5 Å². The van der Waals surface area contributed by atoms with Crippen LogP contribution in [0.5, 0.6) is 0 Å². The lowest BCUT2D eigenvalue weighted by Gasteiger charge is -2.29. The zero-order chi connectivity index (χ0) is 16.3. The van der Waals surface area contributed by atoms with Crippen LogP contribution in [0.15, 0.2) is 14.7 Å². The maximum atomic E-state index is 12.5. The van der Waals surface area contributed by atoms with E-state index in [0.717, 1.165) is 11.4 Å². The Morgan fingerprint density at radius 2 is 2.00 bits per heavy atom. The second-order valence-corrected chi connectivity index (χ2v) is 10.3. The smallest absolute Gasteiger partial charge is 0.242 e. The van der Waals surface area contributed by atoms with Crippen LogP contribution < -0.4 is 10.0 Å². The zero-order valence-electron chi connectivity index (χ0n) is 13.3. The number of hydrogen-bond acceptors (Lipinski definition) is 4. The van der Waals surface area contributed by atoms with Crippen LogP contribution >= 0.6 is 27.3 Å². The third-order valence-corrected chi connectivity index (χ3v) is 7.48. The molecule has 0 unspecified atom stereocenters.